The van der Waals surface area contributed by atoms with Crippen LogP contribution in [0, 0.1) is 0 Å². The number of rotatable bonds is 3. The molecule has 0 heterocycles. The zero-order chi connectivity index (χ0) is 12.3. The molecule has 0 saturated carbocycles. The van der Waals surface area contributed by atoms with Crippen molar-refractivity contribution in [2.75, 3.05) is 7.05 Å². The van der Waals surface area contributed by atoms with Crippen LogP contribution in [0.15, 0.2) is 27.6 Å². The molecule has 1 rings (SSSR count). The Hall–Kier alpha value is 0.01000. The van der Waals surface area contributed by atoms with E-state index in [0.717, 1.165) is 0 Å². The summed E-state index contributed by atoms with van der Waals surface area (Å²) in [5.74, 6) is 0. The van der Waals surface area contributed by atoms with Crippen LogP contribution >= 0.6 is 27.7 Å². The van der Waals surface area contributed by atoms with Gasteiger partial charge in [0.1, 0.15) is 0 Å². The fourth-order valence-corrected chi connectivity index (χ4v) is 2.96. The van der Waals surface area contributed by atoms with Crippen molar-refractivity contribution in [3.05, 3.63) is 28.2 Å². The van der Waals surface area contributed by atoms with E-state index in [2.05, 4.69) is 67.1 Å². The fourth-order valence-electron chi connectivity index (χ4n) is 1.37. The highest BCUT2D eigenvalue weighted by Crippen LogP contribution is 2.37. The van der Waals surface area contributed by atoms with Gasteiger partial charge in [-0.05, 0) is 47.6 Å². The molecular weight excluding hydrogens is 282 g/mol. The molecule has 16 heavy (non-hydrogen) atoms. The van der Waals surface area contributed by atoms with E-state index in [1.807, 2.05) is 18.8 Å². The third kappa shape index (κ3) is 4.11. The van der Waals surface area contributed by atoms with Crippen LogP contribution in [0.4, 0.5) is 0 Å². The SMILES string of the molecule is CNC(C)c1ccc(SC(C)(C)C)c(Br)c1. The molecule has 0 saturated heterocycles. The van der Waals surface area contributed by atoms with E-state index in [4.69, 9.17) is 0 Å². The second kappa shape index (κ2) is 5.56. The van der Waals surface area contributed by atoms with Crippen molar-refractivity contribution in [3.63, 3.8) is 0 Å². The zero-order valence-corrected chi connectivity index (χ0v) is 13.0. The molecule has 0 aromatic heterocycles. The molecule has 0 aliphatic carbocycles. The second-order valence-corrected chi connectivity index (χ2v) is 7.64. The first-order chi connectivity index (χ1) is 7.33. The predicted molar refractivity (Wildman–Crippen MR) is 77.2 cm³/mol. The summed E-state index contributed by atoms with van der Waals surface area (Å²) in [6, 6.07) is 6.99. The van der Waals surface area contributed by atoms with Crippen molar-refractivity contribution < 1.29 is 0 Å². The average molecular weight is 302 g/mol. The minimum atomic E-state index is 0.249. The molecule has 1 N–H and O–H groups in total. The topological polar surface area (TPSA) is 12.0 Å². The summed E-state index contributed by atoms with van der Waals surface area (Å²) < 4.78 is 1.44. The highest BCUT2D eigenvalue weighted by atomic mass is 79.9. The lowest BCUT2D eigenvalue weighted by molar-refractivity contribution is 0.651. The lowest BCUT2D eigenvalue weighted by Gasteiger charge is -2.19. The third-order valence-electron chi connectivity index (χ3n) is 2.31. The smallest absolute Gasteiger partial charge is 0.0314 e. The molecule has 0 bridgehead atoms. The Morgan fingerprint density at radius 2 is 1.94 bits per heavy atom. The van der Waals surface area contributed by atoms with Crippen LogP contribution in [0.5, 0.6) is 0 Å². The molecule has 0 aliphatic heterocycles. The van der Waals surface area contributed by atoms with Gasteiger partial charge in [-0.3, -0.25) is 0 Å². The molecule has 1 atom stereocenters. The summed E-state index contributed by atoms with van der Waals surface area (Å²) in [7, 11) is 1.98. The van der Waals surface area contributed by atoms with E-state index in [9.17, 15) is 0 Å². The number of halogens is 1. The average Bonchev–Trinajstić information content (AvgIpc) is 2.18. The zero-order valence-electron chi connectivity index (χ0n) is 10.6. The number of hydrogen-bond donors (Lipinski definition) is 1. The summed E-state index contributed by atoms with van der Waals surface area (Å²) >= 11 is 5.54. The van der Waals surface area contributed by atoms with E-state index >= 15 is 0 Å². The molecule has 1 aromatic carbocycles. The van der Waals surface area contributed by atoms with Crippen LogP contribution < -0.4 is 5.32 Å². The van der Waals surface area contributed by atoms with Crippen LogP contribution in [0.1, 0.15) is 39.3 Å². The molecule has 0 amide bonds. The summed E-state index contributed by atoms with van der Waals surface area (Å²) in [5.41, 5.74) is 1.31. The first-order valence-electron chi connectivity index (χ1n) is 5.49. The number of nitrogens with one attached hydrogen (secondary N) is 1. The Morgan fingerprint density at radius 1 is 1.31 bits per heavy atom. The molecule has 0 spiro atoms. The van der Waals surface area contributed by atoms with Gasteiger partial charge < -0.3 is 5.32 Å². The van der Waals surface area contributed by atoms with E-state index < -0.39 is 0 Å². The van der Waals surface area contributed by atoms with Crippen LogP contribution in [0.3, 0.4) is 0 Å². The standard InChI is InChI=1S/C13H20BrNS/c1-9(15-5)10-6-7-12(11(14)8-10)16-13(2,3)4/h6-9,15H,1-5H3. The van der Waals surface area contributed by atoms with Crippen molar-refractivity contribution in [3.8, 4) is 0 Å². The number of hydrogen-bond acceptors (Lipinski definition) is 2. The van der Waals surface area contributed by atoms with Gasteiger partial charge in [0.25, 0.3) is 0 Å². The molecule has 0 fully saturated rings. The molecular formula is C13H20BrNS. The minimum Gasteiger partial charge on any atom is -0.313 e. The summed E-state index contributed by atoms with van der Waals surface area (Å²) in [6.07, 6.45) is 0. The van der Waals surface area contributed by atoms with Gasteiger partial charge in [-0.25, -0.2) is 0 Å². The van der Waals surface area contributed by atoms with E-state index in [1.165, 1.54) is 14.9 Å². The monoisotopic (exact) mass is 301 g/mol. The van der Waals surface area contributed by atoms with E-state index in [-0.39, 0.29) is 4.75 Å². The third-order valence-corrected chi connectivity index (χ3v) is 4.41. The van der Waals surface area contributed by atoms with Crippen molar-refractivity contribution in [1.82, 2.24) is 5.32 Å². The highest BCUT2D eigenvalue weighted by Gasteiger charge is 2.15. The van der Waals surface area contributed by atoms with E-state index in [1.54, 1.807) is 0 Å². The first kappa shape index (κ1) is 14.1. The molecule has 1 aromatic rings. The van der Waals surface area contributed by atoms with E-state index in [0.29, 0.717) is 6.04 Å². The molecule has 1 unspecified atom stereocenters. The van der Waals surface area contributed by atoms with Crippen molar-refractivity contribution >= 4 is 27.7 Å². The predicted octanol–water partition coefficient (Wildman–Crippen LogP) is 4.62. The van der Waals surface area contributed by atoms with Gasteiger partial charge >= 0.3 is 0 Å². The largest absolute Gasteiger partial charge is 0.313 e. The Bertz CT molecular complexity index is 357. The van der Waals surface area contributed by atoms with Crippen LogP contribution in [0.25, 0.3) is 0 Å². The fraction of sp³-hybridized carbons (Fsp3) is 0.538. The van der Waals surface area contributed by atoms with Crippen molar-refractivity contribution in [2.45, 2.75) is 43.4 Å². The minimum absolute atomic E-state index is 0.249. The maximum absolute atomic E-state index is 3.65. The van der Waals surface area contributed by atoms with Crippen LogP contribution in [0.2, 0.25) is 0 Å². The maximum atomic E-state index is 3.65. The van der Waals surface area contributed by atoms with Gasteiger partial charge in [0.2, 0.25) is 0 Å². The molecule has 90 valence electrons. The Balaban J connectivity index is 2.92. The van der Waals surface area contributed by atoms with Crippen molar-refractivity contribution in [2.24, 2.45) is 0 Å². The summed E-state index contributed by atoms with van der Waals surface area (Å²) in [4.78, 5) is 1.31. The van der Waals surface area contributed by atoms with Crippen LogP contribution in [-0.2, 0) is 0 Å². The Labute approximate surface area is 112 Å². The van der Waals surface area contributed by atoms with Gasteiger partial charge in [-0.1, -0.05) is 26.8 Å². The molecule has 0 radical (unpaired) electrons. The first-order valence-corrected chi connectivity index (χ1v) is 7.10. The van der Waals surface area contributed by atoms with Gasteiger partial charge in [0.05, 0.1) is 0 Å². The van der Waals surface area contributed by atoms with Crippen LogP contribution in [-0.4, -0.2) is 11.8 Å². The highest BCUT2D eigenvalue weighted by molar-refractivity contribution is 9.10. The summed E-state index contributed by atoms with van der Waals surface area (Å²) in [5, 5.41) is 3.25. The van der Waals surface area contributed by atoms with Gasteiger partial charge in [0.15, 0.2) is 0 Å². The lowest BCUT2D eigenvalue weighted by atomic mass is 10.1. The Morgan fingerprint density at radius 3 is 2.38 bits per heavy atom. The maximum Gasteiger partial charge on any atom is 0.0314 e. The number of benzene rings is 1. The Kier molecular flexibility index (Phi) is 4.89. The van der Waals surface area contributed by atoms with Gasteiger partial charge in [0, 0.05) is 20.2 Å². The van der Waals surface area contributed by atoms with Gasteiger partial charge in [-0.15, -0.1) is 11.8 Å². The normalized spacial score (nSPS) is 13.9. The van der Waals surface area contributed by atoms with Crippen molar-refractivity contribution in [1.29, 1.82) is 0 Å². The quantitative estimate of drug-likeness (QED) is 0.818. The molecule has 1 nitrogen and oxygen atoms in total. The van der Waals surface area contributed by atoms with Gasteiger partial charge in [-0.2, -0.15) is 0 Å². The summed E-state index contributed by atoms with van der Waals surface area (Å²) in [6.45, 7) is 8.86. The number of thioether (sulfide) groups is 1. The molecule has 0 aliphatic rings. The molecule has 3 heteroatoms. The lowest BCUT2D eigenvalue weighted by Crippen LogP contribution is -2.12. The second-order valence-electron chi connectivity index (χ2n) is 4.91.